The summed E-state index contributed by atoms with van der Waals surface area (Å²) < 4.78 is 21.8. The molecule has 7 heteroatoms. The van der Waals surface area contributed by atoms with E-state index in [2.05, 4.69) is 10.2 Å². The third-order valence-electron chi connectivity index (χ3n) is 1.21. The molecule has 74 valence electrons. The van der Waals surface area contributed by atoms with Crippen molar-refractivity contribution in [2.45, 2.75) is 18.1 Å². The molecule has 1 heterocycles. The van der Waals surface area contributed by atoms with Crippen molar-refractivity contribution in [1.82, 2.24) is 10.2 Å². The summed E-state index contributed by atoms with van der Waals surface area (Å²) in [6, 6.07) is 0. The standard InChI is InChI=1S/C6H9ClN2O2S2/c1-4(7)6-9-8-5(12-6)3-13(2,10)11/h4H,3H2,1-2H3. The Balaban J connectivity index is 2.81. The minimum atomic E-state index is -3.02. The van der Waals surface area contributed by atoms with Gasteiger partial charge in [-0.15, -0.1) is 21.8 Å². The van der Waals surface area contributed by atoms with Gasteiger partial charge in [-0.3, -0.25) is 0 Å². The summed E-state index contributed by atoms with van der Waals surface area (Å²) in [7, 11) is -3.02. The lowest BCUT2D eigenvalue weighted by molar-refractivity contribution is 0.600. The maximum absolute atomic E-state index is 10.9. The number of rotatable bonds is 3. The molecule has 0 bridgehead atoms. The lowest BCUT2D eigenvalue weighted by Gasteiger charge is -1.92. The van der Waals surface area contributed by atoms with E-state index in [0.29, 0.717) is 10.0 Å². The normalized spacial score (nSPS) is 14.4. The summed E-state index contributed by atoms with van der Waals surface area (Å²) in [5.41, 5.74) is 0. The topological polar surface area (TPSA) is 59.9 Å². The first-order chi connectivity index (χ1) is 5.88. The first-order valence-corrected chi connectivity index (χ1v) is 6.84. The number of halogens is 1. The van der Waals surface area contributed by atoms with Crippen LogP contribution in [0.4, 0.5) is 0 Å². The van der Waals surface area contributed by atoms with Crippen LogP contribution in [0.1, 0.15) is 22.3 Å². The van der Waals surface area contributed by atoms with Crippen LogP contribution in [0.25, 0.3) is 0 Å². The quantitative estimate of drug-likeness (QED) is 0.749. The van der Waals surface area contributed by atoms with Gasteiger partial charge in [0.1, 0.15) is 15.8 Å². The highest BCUT2D eigenvalue weighted by atomic mass is 35.5. The molecule has 0 radical (unpaired) electrons. The maximum Gasteiger partial charge on any atom is 0.154 e. The molecule has 0 amide bonds. The largest absolute Gasteiger partial charge is 0.229 e. The first kappa shape index (κ1) is 10.9. The molecule has 0 aromatic carbocycles. The second-order valence-corrected chi connectivity index (χ2v) is 6.61. The molecule has 0 aliphatic rings. The minimum Gasteiger partial charge on any atom is -0.229 e. The molecule has 0 fully saturated rings. The van der Waals surface area contributed by atoms with Crippen LogP contribution >= 0.6 is 22.9 Å². The van der Waals surface area contributed by atoms with Crippen LogP contribution in [0.5, 0.6) is 0 Å². The number of sulfone groups is 1. The van der Waals surface area contributed by atoms with Crippen molar-refractivity contribution in [3.63, 3.8) is 0 Å². The molecular formula is C6H9ClN2O2S2. The van der Waals surface area contributed by atoms with Crippen molar-refractivity contribution in [3.05, 3.63) is 10.0 Å². The molecule has 0 spiro atoms. The summed E-state index contributed by atoms with van der Waals surface area (Å²) in [6.07, 6.45) is 1.16. The highest BCUT2D eigenvalue weighted by Crippen LogP contribution is 2.23. The Morgan fingerprint density at radius 2 is 2.15 bits per heavy atom. The molecular weight excluding hydrogens is 232 g/mol. The van der Waals surface area contributed by atoms with E-state index in [4.69, 9.17) is 11.6 Å². The van der Waals surface area contributed by atoms with Crippen LogP contribution in [0.3, 0.4) is 0 Å². The number of hydrogen-bond donors (Lipinski definition) is 0. The van der Waals surface area contributed by atoms with E-state index in [-0.39, 0.29) is 11.1 Å². The van der Waals surface area contributed by atoms with Crippen LogP contribution in [0.15, 0.2) is 0 Å². The van der Waals surface area contributed by atoms with Gasteiger partial charge in [0.2, 0.25) is 0 Å². The molecule has 13 heavy (non-hydrogen) atoms. The molecule has 0 saturated heterocycles. The Labute approximate surface area is 85.9 Å². The molecule has 0 aliphatic carbocycles. The van der Waals surface area contributed by atoms with E-state index in [1.165, 1.54) is 11.3 Å². The monoisotopic (exact) mass is 240 g/mol. The molecule has 1 unspecified atom stereocenters. The maximum atomic E-state index is 10.9. The van der Waals surface area contributed by atoms with E-state index >= 15 is 0 Å². The predicted octanol–water partition coefficient (Wildman–Crippen LogP) is 1.38. The van der Waals surface area contributed by atoms with Gasteiger partial charge < -0.3 is 0 Å². The zero-order valence-corrected chi connectivity index (χ0v) is 9.58. The number of nitrogens with zero attached hydrogens (tertiary/aromatic N) is 2. The highest BCUT2D eigenvalue weighted by molar-refractivity contribution is 7.90. The van der Waals surface area contributed by atoms with E-state index in [9.17, 15) is 8.42 Å². The van der Waals surface area contributed by atoms with Gasteiger partial charge in [-0.05, 0) is 6.92 Å². The molecule has 0 N–H and O–H groups in total. The van der Waals surface area contributed by atoms with Gasteiger partial charge in [-0.1, -0.05) is 11.3 Å². The zero-order chi connectivity index (χ0) is 10.1. The third-order valence-corrected chi connectivity index (χ3v) is 3.63. The molecule has 1 aromatic heterocycles. The van der Waals surface area contributed by atoms with E-state index < -0.39 is 9.84 Å². The fourth-order valence-corrected chi connectivity index (χ4v) is 2.84. The lowest BCUT2D eigenvalue weighted by atomic mass is 10.5. The molecule has 0 saturated carbocycles. The Morgan fingerprint density at radius 1 is 1.54 bits per heavy atom. The Bertz CT molecular complexity index is 385. The summed E-state index contributed by atoms with van der Waals surface area (Å²) in [6.45, 7) is 1.77. The molecule has 1 rings (SSSR count). The fourth-order valence-electron chi connectivity index (χ4n) is 0.710. The van der Waals surface area contributed by atoms with E-state index in [1.54, 1.807) is 6.92 Å². The average molecular weight is 241 g/mol. The summed E-state index contributed by atoms with van der Waals surface area (Å²) >= 11 is 6.98. The zero-order valence-electron chi connectivity index (χ0n) is 7.19. The van der Waals surface area contributed by atoms with Crippen molar-refractivity contribution in [1.29, 1.82) is 0 Å². The SMILES string of the molecule is CC(Cl)c1nnc(CS(C)(=O)=O)s1. The smallest absolute Gasteiger partial charge is 0.154 e. The van der Waals surface area contributed by atoms with E-state index in [0.717, 1.165) is 6.26 Å². The van der Waals surface area contributed by atoms with E-state index in [1.807, 2.05) is 0 Å². The molecule has 1 atom stereocenters. The third kappa shape index (κ3) is 3.58. The second kappa shape index (κ2) is 3.89. The van der Waals surface area contributed by atoms with Crippen molar-refractivity contribution < 1.29 is 8.42 Å². The molecule has 0 aliphatic heterocycles. The van der Waals surface area contributed by atoms with Crippen molar-refractivity contribution in [2.24, 2.45) is 0 Å². The lowest BCUT2D eigenvalue weighted by Crippen LogP contribution is -1.99. The predicted molar refractivity (Wildman–Crippen MR) is 52.7 cm³/mol. The van der Waals surface area contributed by atoms with Gasteiger partial charge in [0.05, 0.1) is 5.38 Å². The van der Waals surface area contributed by atoms with Crippen LogP contribution in [0, 0.1) is 0 Å². The number of hydrogen-bond acceptors (Lipinski definition) is 5. The molecule has 4 nitrogen and oxygen atoms in total. The van der Waals surface area contributed by atoms with Gasteiger partial charge in [-0.2, -0.15) is 0 Å². The average Bonchev–Trinajstić information content (AvgIpc) is 2.31. The summed E-state index contributed by atoms with van der Waals surface area (Å²) in [4.78, 5) is 0. The van der Waals surface area contributed by atoms with Gasteiger partial charge in [0.25, 0.3) is 0 Å². The number of alkyl halides is 1. The van der Waals surface area contributed by atoms with Gasteiger partial charge in [0.15, 0.2) is 9.84 Å². The molecule has 1 aromatic rings. The van der Waals surface area contributed by atoms with Gasteiger partial charge in [-0.25, -0.2) is 8.42 Å². The minimum absolute atomic E-state index is 0.0612. The van der Waals surface area contributed by atoms with Crippen LogP contribution in [-0.2, 0) is 15.6 Å². The van der Waals surface area contributed by atoms with Crippen molar-refractivity contribution in [3.8, 4) is 0 Å². The Morgan fingerprint density at radius 3 is 2.54 bits per heavy atom. The van der Waals surface area contributed by atoms with Crippen LogP contribution < -0.4 is 0 Å². The first-order valence-electron chi connectivity index (χ1n) is 3.52. The summed E-state index contributed by atoms with van der Waals surface area (Å²) in [5, 5.41) is 8.43. The van der Waals surface area contributed by atoms with Crippen molar-refractivity contribution >= 4 is 32.8 Å². The van der Waals surface area contributed by atoms with Gasteiger partial charge in [0, 0.05) is 6.26 Å². The Hall–Kier alpha value is -0.200. The van der Waals surface area contributed by atoms with Crippen LogP contribution in [0.2, 0.25) is 0 Å². The van der Waals surface area contributed by atoms with Crippen molar-refractivity contribution in [2.75, 3.05) is 6.26 Å². The summed E-state index contributed by atoms with van der Waals surface area (Å²) in [5.74, 6) is -0.0612. The van der Waals surface area contributed by atoms with Gasteiger partial charge >= 0.3 is 0 Å². The fraction of sp³-hybridized carbons (Fsp3) is 0.667. The Kier molecular flexibility index (Phi) is 3.26. The number of aromatic nitrogens is 2. The second-order valence-electron chi connectivity index (χ2n) is 2.72. The highest BCUT2D eigenvalue weighted by Gasteiger charge is 2.12. The van der Waals surface area contributed by atoms with Crippen LogP contribution in [-0.4, -0.2) is 24.9 Å².